The molecule has 6 nitrogen and oxygen atoms in total. The van der Waals surface area contributed by atoms with E-state index in [1.165, 1.54) is 12.5 Å². The molecule has 4 rings (SSSR count). The number of carbonyl (C=O) groups excluding carboxylic acids is 2. The maximum Gasteiger partial charge on any atom is 0.271 e. The SMILES string of the molecule is CC(=O)Nc1cccc(C(=O)NN=Cc2cn(Cc3ccc(Br)cc3)c3ccccc23)c1. The van der Waals surface area contributed by atoms with Crippen LogP contribution in [0.25, 0.3) is 10.9 Å². The molecule has 0 atom stereocenters. The Kier molecular flexibility index (Phi) is 6.47. The third kappa shape index (κ3) is 5.12. The topological polar surface area (TPSA) is 75.5 Å². The van der Waals surface area contributed by atoms with Crippen LogP contribution in [-0.4, -0.2) is 22.6 Å². The Morgan fingerprint density at radius 1 is 1.03 bits per heavy atom. The Bertz CT molecular complexity index is 1310. The molecule has 2 N–H and O–H groups in total. The highest BCUT2D eigenvalue weighted by atomic mass is 79.9. The van der Waals surface area contributed by atoms with E-state index in [-0.39, 0.29) is 11.8 Å². The van der Waals surface area contributed by atoms with Crippen molar-refractivity contribution in [1.82, 2.24) is 9.99 Å². The number of halogens is 1. The molecule has 0 spiro atoms. The van der Waals surface area contributed by atoms with Gasteiger partial charge in [-0.3, -0.25) is 9.59 Å². The molecule has 0 aliphatic rings. The van der Waals surface area contributed by atoms with E-state index in [2.05, 4.69) is 54.5 Å². The maximum absolute atomic E-state index is 12.5. The smallest absolute Gasteiger partial charge is 0.271 e. The van der Waals surface area contributed by atoms with Gasteiger partial charge in [0.05, 0.1) is 6.21 Å². The van der Waals surface area contributed by atoms with Crippen molar-refractivity contribution in [3.05, 3.63) is 100 Å². The molecule has 0 aliphatic carbocycles. The number of nitrogens with one attached hydrogen (secondary N) is 2. The fourth-order valence-electron chi connectivity index (χ4n) is 3.46. The molecule has 1 aromatic heterocycles. The van der Waals surface area contributed by atoms with Gasteiger partial charge in [-0.15, -0.1) is 0 Å². The molecule has 0 aliphatic heterocycles. The third-order valence-electron chi connectivity index (χ3n) is 4.90. The van der Waals surface area contributed by atoms with E-state index in [1.54, 1.807) is 30.5 Å². The van der Waals surface area contributed by atoms with E-state index < -0.39 is 0 Å². The maximum atomic E-state index is 12.5. The number of fused-ring (bicyclic) bond motifs is 1. The number of para-hydroxylation sites is 1. The Labute approximate surface area is 194 Å². The molecule has 0 saturated heterocycles. The van der Waals surface area contributed by atoms with Gasteiger partial charge < -0.3 is 9.88 Å². The minimum absolute atomic E-state index is 0.194. The monoisotopic (exact) mass is 488 g/mol. The second-order valence-corrected chi connectivity index (χ2v) is 8.23. The van der Waals surface area contributed by atoms with Crippen LogP contribution in [-0.2, 0) is 11.3 Å². The highest BCUT2D eigenvalue weighted by molar-refractivity contribution is 9.10. The van der Waals surface area contributed by atoms with Crippen molar-refractivity contribution in [1.29, 1.82) is 0 Å². The molecule has 160 valence electrons. The van der Waals surface area contributed by atoms with Crippen molar-refractivity contribution in [3.63, 3.8) is 0 Å². The van der Waals surface area contributed by atoms with Gasteiger partial charge in [-0.05, 0) is 42.0 Å². The van der Waals surface area contributed by atoms with Gasteiger partial charge in [0.15, 0.2) is 0 Å². The predicted octanol–water partition coefficient (Wildman–Crippen LogP) is 5.17. The minimum atomic E-state index is -0.355. The van der Waals surface area contributed by atoms with Crippen LogP contribution in [0.1, 0.15) is 28.4 Å². The summed E-state index contributed by atoms with van der Waals surface area (Å²) in [4.78, 5) is 23.7. The summed E-state index contributed by atoms with van der Waals surface area (Å²) in [6.07, 6.45) is 3.68. The molecule has 0 saturated carbocycles. The Morgan fingerprint density at radius 3 is 2.59 bits per heavy atom. The van der Waals surface area contributed by atoms with Crippen molar-refractivity contribution in [2.24, 2.45) is 5.10 Å². The van der Waals surface area contributed by atoms with Crippen molar-refractivity contribution < 1.29 is 9.59 Å². The van der Waals surface area contributed by atoms with Crippen LogP contribution < -0.4 is 10.7 Å². The lowest BCUT2D eigenvalue weighted by molar-refractivity contribution is -0.114. The fraction of sp³-hybridized carbons (Fsp3) is 0.0800. The van der Waals surface area contributed by atoms with E-state index in [9.17, 15) is 9.59 Å². The standard InChI is InChI=1S/C25H21BrN4O2/c1-17(31)28-22-6-4-5-19(13-22)25(32)29-27-14-20-16-30(24-8-3-2-7-23(20)24)15-18-9-11-21(26)12-10-18/h2-14,16H,15H2,1H3,(H,28,31)(H,29,32). The van der Waals surface area contributed by atoms with Gasteiger partial charge in [-0.2, -0.15) is 5.10 Å². The first-order chi connectivity index (χ1) is 15.5. The average Bonchev–Trinajstić information content (AvgIpc) is 3.12. The summed E-state index contributed by atoms with van der Waals surface area (Å²) in [5, 5.41) is 7.88. The lowest BCUT2D eigenvalue weighted by Gasteiger charge is -2.05. The summed E-state index contributed by atoms with van der Waals surface area (Å²) in [6.45, 7) is 2.15. The molecule has 32 heavy (non-hydrogen) atoms. The fourth-order valence-corrected chi connectivity index (χ4v) is 3.73. The number of aromatic nitrogens is 1. The van der Waals surface area contributed by atoms with Gasteiger partial charge in [0.25, 0.3) is 5.91 Å². The molecule has 3 aromatic carbocycles. The molecule has 0 unspecified atom stereocenters. The Hall–Kier alpha value is -3.71. The van der Waals surface area contributed by atoms with Crippen LogP contribution >= 0.6 is 15.9 Å². The zero-order chi connectivity index (χ0) is 22.5. The number of benzene rings is 3. The normalized spacial score (nSPS) is 11.1. The number of hydrazone groups is 1. The highest BCUT2D eigenvalue weighted by Gasteiger charge is 2.09. The molecule has 0 fully saturated rings. The highest BCUT2D eigenvalue weighted by Crippen LogP contribution is 2.22. The van der Waals surface area contributed by atoms with Crippen LogP contribution in [0.2, 0.25) is 0 Å². The molecule has 0 bridgehead atoms. The van der Waals surface area contributed by atoms with E-state index in [0.29, 0.717) is 11.3 Å². The van der Waals surface area contributed by atoms with Crippen molar-refractivity contribution in [2.75, 3.05) is 5.32 Å². The van der Waals surface area contributed by atoms with Crippen molar-refractivity contribution in [2.45, 2.75) is 13.5 Å². The first-order valence-electron chi connectivity index (χ1n) is 10.0. The van der Waals surface area contributed by atoms with Crippen molar-refractivity contribution in [3.8, 4) is 0 Å². The predicted molar refractivity (Wildman–Crippen MR) is 131 cm³/mol. The Balaban J connectivity index is 1.52. The van der Waals surface area contributed by atoms with Gasteiger partial charge in [-0.25, -0.2) is 5.43 Å². The zero-order valence-electron chi connectivity index (χ0n) is 17.4. The summed E-state index contributed by atoms with van der Waals surface area (Å²) in [7, 11) is 0. The van der Waals surface area contributed by atoms with E-state index in [0.717, 1.165) is 27.5 Å². The summed E-state index contributed by atoms with van der Waals surface area (Å²) >= 11 is 3.47. The lowest BCUT2D eigenvalue weighted by atomic mass is 10.2. The number of anilines is 1. The molecule has 4 aromatic rings. The molecular weight excluding hydrogens is 468 g/mol. The number of rotatable bonds is 6. The quantitative estimate of drug-likeness (QED) is 0.290. The van der Waals surface area contributed by atoms with Crippen LogP contribution in [0.4, 0.5) is 5.69 Å². The minimum Gasteiger partial charge on any atom is -0.342 e. The Morgan fingerprint density at radius 2 is 1.81 bits per heavy atom. The van der Waals surface area contributed by atoms with Crippen molar-refractivity contribution >= 4 is 50.5 Å². The van der Waals surface area contributed by atoms with E-state index in [1.807, 2.05) is 36.5 Å². The van der Waals surface area contributed by atoms with E-state index >= 15 is 0 Å². The van der Waals surface area contributed by atoms with Crippen LogP contribution in [0, 0.1) is 0 Å². The largest absolute Gasteiger partial charge is 0.342 e. The third-order valence-corrected chi connectivity index (χ3v) is 5.43. The van der Waals surface area contributed by atoms with Gasteiger partial charge in [0.1, 0.15) is 0 Å². The number of amides is 2. The molecular formula is C25H21BrN4O2. The summed E-state index contributed by atoms with van der Waals surface area (Å²) in [5.74, 6) is -0.549. The molecule has 7 heteroatoms. The van der Waals surface area contributed by atoms with Crippen LogP contribution in [0.15, 0.2) is 88.6 Å². The van der Waals surface area contributed by atoms with E-state index in [4.69, 9.17) is 0 Å². The number of carbonyl (C=O) groups is 2. The van der Waals surface area contributed by atoms with Crippen LogP contribution in [0.3, 0.4) is 0 Å². The number of hydrogen-bond donors (Lipinski definition) is 2. The zero-order valence-corrected chi connectivity index (χ0v) is 19.0. The number of nitrogens with zero attached hydrogens (tertiary/aromatic N) is 2. The summed E-state index contributed by atoms with van der Waals surface area (Å²) < 4.78 is 3.21. The van der Waals surface area contributed by atoms with Gasteiger partial charge in [-0.1, -0.05) is 52.3 Å². The summed E-state index contributed by atoms with van der Waals surface area (Å²) in [5.41, 5.74) is 6.71. The molecule has 2 amide bonds. The average molecular weight is 489 g/mol. The number of hydrogen-bond acceptors (Lipinski definition) is 3. The molecule has 0 radical (unpaired) electrons. The van der Waals surface area contributed by atoms with Crippen LogP contribution in [0.5, 0.6) is 0 Å². The first kappa shape index (κ1) is 21.5. The lowest BCUT2D eigenvalue weighted by Crippen LogP contribution is -2.18. The first-order valence-corrected chi connectivity index (χ1v) is 10.8. The second kappa shape index (κ2) is 9.62. The van der Waals surface area contributed by atoms with Gasteiger partial charge in [0, 0.05) is 51.9 Å². The van der Waals surface area contributed by atoms with Gasteiger partial charge >= 0.3 is 0 Å². The van der Waals surface area contributed by atoms with Gasteiger partial charge in [0.2, 0.25) is 5.91 Å². The molecule has 1 heterocycles. The summed E-state index contributed by atoms with van der Waals surface area (Å²) in [6, 6.07) is 23.0. The second-order valence-electron chi connectivity index (χ2n) is 7.32.